The second kappa shape index (κ2) is 8.96. The smallest absolute Gasteiger partial charge is 0.280 e. The number of benzene rings is 2. The first-order chi connectivity index (χ1) is 17.2. The number of piperidine rings is 1. The van der Waals surface area contributed by atoms with Crippen LogP contribution in [-0.4, -0.2) is 43.2 Å². The van der Waals surface area contributed by atoms with Crippen molar-refractivity contribution in [3.63, 3.8) is 0 Å². The number of rotatable bonds is 5. The van der Waals surface area contributed by atoms with E-state index in [1.807, 2.05) is 47.0 Å². The Morgan fingerprint density at radius 3 is 2.66 bits per heavy atom. The highest BCUT2D eigenvalue weighted by Crippen LogP contribution is 2.24. The molecule has 0 bridgehead atoms. The molecule has 1 aliphatic heterocycles. The zero-order valence-electron chi connectivity index (χ0n) is 19.4. The summed E-state index contributed by atoms with van der Waals surface area (Å²) in [6.45, 7) is 2.45. The molecule has 0 saturated carbocycles. The summed E-state index contributed by atoms with van der Waals surface area (Å²) in [4.78, 5) is 30.0. The molecule has 6 rings (SSSR count). The van der Waals surface area contributed by atoms with Crippen molar-refractivity contribution < 1.29 is 0 Å². The normalized spacial score (nSPS) is 16.3. The molecule has 0 amide bonds. The number of nitrogens with two attached hydrogens (primary N) is 1. The lowest BCUT2D eigenvalue weighted by Crippen LogP contribution is -2.44. The highest BCUT2D eigenvalue weighted by atomic mass is 16.1. The molecule has 176 valence electrons. The van der Waals surface area contributed by atoms with Crippen LogP contribution in [0.25, 0.3) is 21.9 Å². The zero-order chi connectivity index (χ0) is 23.8. The summed E-state index contributed by atoms with van der Waals surface area (Å²) in [6, 6.07) is 20.3. The molecule has 8 heteroatoms. The maximum Gasteiger partial charge on any atom is 0.280 e. The van der Waals surface area contributed by atoms with E-state index in [0.29, 0.717) is 30.8 Å². The summed E-state index contributed by atoms with van der Waals surface area (Å²) in [7, 11) is 0. The molecule has 3 aromatic heterocycles. The van der Waals surface area contributed by atoms with Crippen LogP contribution >= 0.6 is 0 Å². The number of aromatic nitrogens is 5. The molecule has 0 spiro atoms. The minimum Gasteiger partial charge on any atom is -0.341 e. The van der Waals surface area contributed by atoms with Crippen LogP contribution in [0.2, 0.25) is 0 Å². The minimum atomic E-state index is -0.124. The monoisotopic (exact) mass is 465 g/mol. The zero-order valence-corrected chi connectivity index (χ0v) is 19.4. The number of hydrogen-bond donors (Lipinski definition) is 1. The standard InChI is InChI=1S/C27H27N7O/c28-21-10-6-14-32(16-21)27-31-25-24(34(27)15-19-7-2-1-3-8-19)26(35)33(18-30-25)17-23-22-11-5-4-9-20(22)12-13-29-23/h1-5,7-9,11-13,18,21H,6,10,14-17,28H2. The average molecular weight is 466 g/mol. The van der Waals surface area contributed by atoms with Crippen molar-refractivity contribution in [1.82, 2.24) is 24.1 Å². The molecule has 35 heavy (non-hydrogen) atoms. The highest BCUT2D eigenvalue weighted by Gasteiger charge is 2.25. The van der Waals surface area contributed by atoms with Gasteiger partial charge in [0, 0.05) is 30.7 Å². The summed E-state index contributed by atoms with van der Waals surface area (Å²) in [5.74, 6) is 0.754. The van der Waals surface area contributed by atoms with Crippen LogP contribution in [0.4, 0.5) is 5.95 Å². The van der Waals surface area contributed by atoms with Crippen molar-refractivity contribution in [1.29, 1.82) is 0 Å². The SMILES string of the molecule is NC1CCCN(c2nc3ncn(Cc4nccc5ccccc45)c(=O)c3n2Cc2ccccc2)C1. The molecular formula is C27H27N7O. The van der Waals surface area contributed by atoms with Crippen LogP contribution in [0.15, 0.2) is 78.0 Å². The van der Waals surface area contributed by atoms with Crippen molar-refractivity contribution in [2.75, 3.05) is 18.0 Å². The van der Waals surface area contributed by atoms with Crippen LogP contribution in [-0.2, 0) is 13.1 Å². The molecule has 0 radical (unpaired) electrons. The van der Waals surface area contributed by atoms with Gasteiger partial charge in [-0.2, -0.15) is 4.98 Å². The second-order valence-electron chi connectivity index (χ2n) is 9.16. The first-order valence-electron chi connectivity index (χ1n) is 12.0. The minimum absolute atomic E-state index is 0.0933. The maximum absolute atomic E-state index is 13.8. The van der Waals surface area contributed by atoms with E-state index in [9.17, 15) is 4.79 Å². The van der Waals surface area contributed by atoms with Gasteiger partial charge in [0.1, 0.15) is 6.33 Å². The molecule has 0 aliphatic carbocycles. The van der Waals surface area contributed by atoms with Crippen LogP contribution in [0.3, 0.4) is 0 Å². The molecular weight excluding hydrogens is 438 g/mol. The van der Waals surface area contributed by atoms with Crippen molar-refractivity contribution in [3.05, 3.63) is 94.8 Å². The first kappa shape index (κ1) is 21.5. The number of pyridine rings is 1. The lowest BCUT2D eigenvalue weighted by Gasteiger charge is -2.31. The van der Waals surface area contributed by atoms with Gasteiger partial charge in [0.2, 0.25) is 5.95 Å². The van der Waals surface area contributed by atoms with Crippen LogP contribution < -0.4 is 16.2 Å². The summed E-state index contributed by atoms with van der Waals surface area (Å²) >= 11 is 0. The Labute approximate surface area is 202 Å². The third kappa shape index (κ3) is 4.06. The Kier molecular flexibility index (Phi) is 5.50. The van der Waals surface area contributed by atoms with Gasteiger partial charge in [-0.3, -0.25) is 18.9 Å². The second-order valence-corrected chi connectivity index (χ2v) is 9.16. The number of fused-ring (bicyclic) bond motifs is 2. The Morgan fingerprint density at radius 2 is 1.80 bits per heavy atom. The third-order valence-electron chi connectivity index (χ3n) is 6.71. The summed E-state index contributed by atoms with van der Waals surface area (Å²) in [6.07, 6.45) is 5.37. The fraction of sp³-hybridized carbons (Fsp3) is 0.259. The average Bonchev–Trinajstić information content (AvgIpc) is 3.25. The molecule has 8 nitrogen and oxygen atoms in total. The van der Waals surface area contributed by atoms with Crippen molar-refractivity contribution >= 4 is 27.9 Å². The molecule has 1 fully saturated rings. The van der Waals surface area contributed by atoms with Crippen LogP contribution in [0.1, 0.15) is 24.1 Å². The van der Waals surface area contributed by atoms with Crippen LogP contribution in [0.5, 0.6) is 0 Å². The van der Waals surface area contributed by atoms with Gasteiger partial charge in [-0.25, -0.2) is 4.98 Å². The van der Waals surface area contributed by atoms with E-state index in [4.69, 9.17) is 10.7 Å². The molecule has 1 aliphatic rings. The van der Waals surface area contributed by atoms with E-state index in [1.165, 1.54) is 0 Å². The van der Waals surface area contributed by atoms with E-state index in [1.54, 1.807) is 17.1 Å². The molecule has 2 N–H and O–H groups in total. The summed E-state index contributed by atoms with van der Waals surface area (Å²) in [5.41, 5.74) is 9.05. The first-order valence-corrected chi connectivity index (χ1v) is 12.0. The molecule has 5 aromatic rings. The fourth-order valence-electron chi connectivity index (χ4n) is 4.97. The molecule has 1 atom stereocenters. The van der Waals surface area contributed by atoms with E-state index in [2.05, 4.69) is 33.1 Å². The number of hydrogen-bond acceptors (Lipinski definition) is 6. The Morgan fingerprint density at radius 1 is 0.971 bits per heavy atom. The van der Waals surface area contributed by atoms with Gasteiger partial charge in [-0.1, -0.05) is 54.6 Å². The molecule has 2 aromatic carbocycles. The van der Waals surface area contributed by atoms with Gasteiger partial charge in [0.15, 0.2) is 11.2 Å². The quantitative estimate of drug-likeness (QED) is 0.428. The third-order valence-corrected chi connectivity index (χ3v) is 6.71. The summed E-state index contributed by atoms with van der Waals surface area (Å²) in [5, 5.41) is 2.13. The van der Waals surface area contributed by atoms with Crippen molar-refractivity contribution in [3.8, 4) is 0 Å². The highest BCUT2D eigenvalue weighted by molar-refractivity contribution is 5.84. The number of imidazole rings is 1. The van der Waals surface area contributed by atoms with E-state index >= 15 is 0 Å². The predicted molar refractivity (Wildman–Crippen MR) is 138 cm³/mol. The Hall–Kier alpha value is -4.04. The lowest BCUT2D eigenvalue weighted by atomic mass is 10.1. The predicted octanol–water partition coefficient (Wildman–Crippen LogP) is 3.17. The van der Waals surface area contributed by atoms with Gasteiger partial charge in [0.25, 0.3) is 5.56 Å². The Bertz CT molecular complexity index is 1550. The molecule has 1 saturated heterocycles. The van der Waals surface area contributed by atoms with Crippen molar-refractivity contribution in [2.24, 2.45) is 5.73 Å². The fourth-order valence-corrected chi connectivity index (χ4v) is 4.97. The largest absolute Gasteiger partial charge is 0.341 e. The maximum atomic E-state index is 13.8. The van der Waals surface area contributed by atoms with E-state index in [-0.39, 0.29) is 11.6 Å². The van der Waals surface area contributed by atoms with Crippen LogP contribution in [0, 0.1) is 0 Å². The van der Waals surface area contributed by atoms with Crippen molar-refractivity contribution in [2.45, 2.75) is 32.0 Å². The number of anilines is 1. The van der Waals surface area contributed by atoms with Gasteiger partial charge >= 0.3 is 0 Å². The van der Waals surface area contributed by atoms with E-state index < -0.39 is 0 Å². The van der Waals surface area contributed by atoms with Gasteiger partial charge < -0.3 is 10.6 Å². The molecule has 4 heterocycles. The lowest BCUT2D eigenvalue weighted by molar-refractivity contribution is 0.495. The topological polar surface area (TPSA) is 94.9 Å². The van der Waals surface area contributed by atoms with Gasteiger partial charge in [-0.05, 0) is 29.9 Å². The number of nitrogens with zero attached hydrogens (tertiary/aromatic N) is 6. The van der Waals surface area contributed by atoms with E-state index in [0.717, 1.165) is 47.4 Å². The summed E-state index contributed by atoms with van der Waals surface area (Å²) < 4.78 is 3.64. The van der Waals surface area contributed by atoms with Gasteiger partial charge in [0.05, 0.1) is 18.8 Å². The molecule has 1 unspecified atom stereocenters. The van der Waals surface area contributed by atoms with Gasteiger partial charge in [-0.15, -0.1) is 0 Å². The Balaban J connectivity index is 1.48.